The SMILES string of the molecule is C=CCCCCC(=O)OC[C@@H](Cc1ccccc1)NC(=O)[C@H](CC=C)CC(=O)N[C@H](CO)Cc1ccc(OCc2ccccc2)cc1. The Morgan fingerprint density at radius 2 is 1.40 bits per heavy atom. The fourth-order valence-corrected chi connectivity index (χ4v) is 5.10. The minimum Gasteiger partial charge on any atom is -0.489 e. The van der Waals surface area contributed by atoms with Crippen molar-refractivity contribution >= 4 is 17.8 Å². The number of esters is 1. The minimum atomic E-state index is -0.680. The van der Waals surface area contributed by atoms with Gasteiger partial charge in [0.2, 0.25) is 11.8 Å². The van der Waals surface area contributed by atoms with Gasteiger partial charge in [-0.3, -0.25) is 14.4 Å². The Morgan fingerprint density at radius 1 is 0.766 bits per heavy atom. The van der Waals surface area contributed by atoms with Crippen LogP contribution >= 0.6 is 0 Å². The molecule has 0 radical (unpaired) electrons. The van der Waals surface area contributed by atoms with Crippen LogP contribution < -0.4 is 15.4 Å². The van der Waals surface area contributed by atoms with Gasteiger partial charge in [0.25, 0.3) is 0 Å². The number of carbonyl (C=O) groups is 3. The lowest BCUT2D eigenvalue weighted by Crippen LogP contribution is -2.45. The average molecular weight is 641 g/mol. The van der Waals surface area contributed by atoms with Gasteiger partial charge in [0.1, 0.15) is 19.0 Å². The van der Waals surface area contributed by atoms with E-state index in [1.165, 1.54) is 0 Å². The second-order valence-corrected chi connectivity index (χ2v) is 11.6. The van der Waals surface area contributed by atoms with Crippen LogP contribution in [-0.2, 0) is 38.6 Å². The highest BCUT2D eigenvalue weighted by Crippen LogP contribution is 2.17. The molecule has 0 saturated carbocycles. The molecule has 0 heterocycles. The number of aliphatic hydroxyl groups is 1. The molecule has 0 aliphatic heterocycles. The predicted molar refractivity (Wildman–Crippen MR) is 185 cm³/mol. The summed E-state index contributed by atoms with van der Waals surface area (Å²) in [6.45, 7) is 7.70. The molecule has 3 rings (SSSR count). The van der Waals surface area contributed by atoms with Gasteiger partial charge >= 0.3 is 5.97 Å². The highest BCUT2D eigenvalue weighted by atomic mass is 16.5. The van der Waals surface area contributed by atoms with E-state index in [0.29, 0.717) is 32.3 Å². The first-order valence-corrected chi connectivity index (χ1v) is 16.3. The smallest absolute Gasteiger partial charge is 0.305 e. The van der Waals surface area contributed by atoms with Crippen molar-refractivity contribution in [2.24, 2.45) is 5.92 Å². The van der Waals surface area contributed by atoms with Crippen molar-refractivity contribution < 1.29 is 29.0 Å². The molecule has 0 aliphatic carbocycles. The highest BCUT2D eigenvalue weighted by molar-refractivity contribution is 5.86. The Balaban J connectivity index is 1.54. The van der Waals surface area contributed by atoms with Crippen molar-refractivity contribution in [1.29, 1.82) is 0 Å². The second-order valence-electron chi connectivity index (χ2n) is 11.6. The van der Waals surface area contributed by atoms with Gasteiger partial charge < -0.3 is 25.2 Å². The lowest BCUT2D eigenvalue weighted by atomic mass is 9.98. The van der Waals surface area contributed by atoms with E-state index in [9.17, 15) is 19.5 Å². The van der Waals surface area contributed by atoms with E-state index in [1.54, 1.807) is 6.08 Å². The van der Waals surface area contributed by atoms with Crippen LogP contribution in [0.3, 0.4) is 0 Å². The number of hydrogen-bond donors (Lipinski definition) is 3. The van der Waals surface area contributed by atoms with Gasteiger partial charge in [0, 0.05) is 12.8 Å². The Labute approximate surface area is 278 Å². The van der Waals surface area contributed by atoms with Crippen LogP contribution in [0, 0.1) is 5.92 Å². The van der Waals surface area contributed by atoms with Crippen molar-refractivity contribution in [3.8, 4) is 5.75 Å². The first-order valence-electron chi connectivity index (χ1n) is 16.3. The molecule has 47 heavy (non-hydrogen) atoms. The minimum absolute atomic E-state index is 0.0244. The van der Waals surface area contributed by atoms with Crippen LogP contribution in [-0.4, -0.2) is 48.2 Å². The number of benzene rings is 3. The molecule has 250 valence electrons. The van der Waals surface area contributed by atoms with E-state index in [-0.39, 0.29) is 43.8 Å². The first kappa shape index (κ1) is 36.8. The molecule has 0 bridgehead atoms. The summed E-state index contributed by atoms with van der Waals surface area (Å²) in [5, 5.41) is 15.9. The summed E-state index contributed by atoms with van der Waals surface area (Å²) in [6.07, 6.45) is 7.23. The van der Waals surface area contributed by atoms with Gasteiger partial charge in [-0.15, -0.1) is 13.2 Å². The van der Waals surface area contributed by atoms with Crippen molar-refractivity contribution in [1.82, 2.24) is 10.6 Å². The lowest BCUT2D eigenvalue weighted by Gasteiger charge is -2.23. The summed E-state index contributed by atoms with van der Waals surface area (Å²) in [6, 6.07) is 26.1. The maximum Gasteiger partial charge on any atom is 0.305 e. The lowest BCUT2D eigenvalue weighted by molar-refractivity contribution is -0.145. The van der Waals surface area contributed by atoms with E-state index in [1.807, 2.05) is 91.0 Å². The van der Waals surface area contributed by atoms with Crippen molar-refractivity contribution in [3.05, 3.63) is 127 Å². The average Bonchev–Trinajstić information content (AvgIpc) is 3.09. The van der Waals surface area contributed by atoms with Gasteiger partial charge in [0.05, 0.1) is 24.6 Å². The molecular formula is C39H48N2O6. The molecule has 0 aliphatic rings. The molecule has 8 nitrogen and oxygen atoms in total. The molecule has 0 saturated heterocycles. The zero-order valence-electron chi connectivity index (χ0n) is 27.2. The first-order chi connectivity index (χ1) is 22.9. The largest absolute Gasteiger partial charge is 0.489 e. The number of nitrogens with one attached hydrogen (secondary N) is 2. The van der Waals surface area contributed by atoms with E-state index < -0.39 is 18.0 Å². The van der Waals surface area contributed by atoms with Crippen molar-refractivity contribution in [2.45, 2.75) is 70.1 Å². The summed E-state index contributed by atoms with van der Waals surface area (Å²) in [5.74, 6) is -0.938. The number of hydrogen-bond acceptors (Lipinski definition) is 6. The monoisotopic (exact) mass is 640 g/mol. The fourth-order valence-electron chi connectivity index (χ4n) is 5.10. The van der Waals surface area contributed by atoms with Crippen LogP contribution in [0.5, 0.6) is 5.75 Å². The Kier molecular flexibility index (Phi) is 16.6. The normalized spacial score (nSPS) is 12.6. The molecule has 3 N–H and O–H groups in total. The number of aliphatic hydroxyl groups excluding tert-OH is 1. The van der Waals surface area contributed by atoms with Crippen LogP contribution in [0.2, 0.25) is 0 Å². The third kappa shape index (κ3) is 14.5. The topological polar surface area (TPSA) is 114 Å². The standard InChI is InChI=1S/C39H48N2O6/c1-3-5-6-13-19-38(44)47-29-35(25-30-15-9-7-10-16-30)41-39(45)33(14-4-2)26-37(43)40-34(27-42)24-31-20-22-36(23-21-31)46-28-32-17-11-8-12-18-32/h3-4,7-12,15-18,20-23,33-35,42H,1-2,5-6,13-14,19,24-29H2,(H,40,43)(H,41,45)/t33-,34+,35-/m1/s1. The highest BCUT2D eigenvalue weighted by Gasteiger charge is 2.25. The van der Waals surface area contributed by atoms with Gasteiger partial charge in [-0.1, -0.05) is 84.9 Å². The molecule has 0 unspecified atom stereocenters. The summed E-state index contributed by atoms with van der Waals surface area (Å²) in [5.41, 5.74) is 2.99. The van der Waals surface area contributed by atoms with Gasteiger partial charge in [-0.25, -0.2) is 0 Å². The number of allylic oxidation sites excluding steroid dienone is 2. The quantitative estimate of drug-likeness (QED) is 0.0718. The number of carbonyl (C=O) groups excluding carboxylic acids is 3. The third-order valence-electron chi connectivity index (χ3n) is 7.65. The Bertz CT molecular complexity index is 1380. The second kappa shape index (κ2) is 21.2. The maximum absolute atomic E-state index is 13.4. The van der Waals surface area contributed by atoms with Gasteiger partial charge in [-0.05, 0) is 67.3 Å². The summed E-state index contributed by atoms with van der Waals surface area (Å²) < 4.78 is 11.4. The van der Waals surface area contributed by atoms with Crippen LogP contribution in [0.25, 0.3) is 0 Å². The number of ether oxygens (including phenoxy) is 2. The summed E-state index contributed by atoms with van der Waals surface area (Å²) in [4.78, 5) is 38.8. The van der Waals surface area contributed by atoms with Crippen LogP contribution in [0.15, 0.2) is 110 Å². The third-order valence-corrected chi connectivity index (χ3v) is 7.65. The van der Waals surface area contributed by atoms with E-state index in [0.717, 1.165) is 35.3 Å². The molecule has 0 aromatic heterocycles. The number of unbranched alkanes of at least 4 members (excludes halogenated alkanes) is 2. The van der Waals surface area contributed by atoms with Gasteiger partial charge in [0.15, 0.2) is 0 Å². The fraction of sp³-hybridized carbons (Fsp3) is 0.359. The van der Waals surface area contributed by atoms with Crippen molar-refractivity contribution in [3.63, 3.8) is 0 Å². The van der Waals surface area contributed by atoms with Crippen LogP contribution in [0.4, 0.5) is 0 Å². The number of rotatable bonds is 22. The molecule has 3 aromatic rings. The molecule has 8 heteroatoms. The summed E-state index contributed by atoms with van der Waals surface area (Å²) >= 11 is 0. The van der Waals surface area contributed by atoms with Crippen LogP contribution in [0.1, 0.15) is 55.2 Å². The molecule has 2 amide bonds. The molecule has 0 spiro atoms. The molecule has 3 atom stereocenters. The van der Waals surface area contributed by atoms with Crippen molar-refractivity contribution in [2.75, 3.05) is 13.2 Å². The predicted octanol–water partition coefficient (Wildman–Crippen LogP) is 5.88. The zero-order valence-corrected chi connectivity index (χ0v) is 27.2. The molecular weight excluding hydrogens is 592 g/mol. The molecule has 3 aromatic carbocycles. The van der Waals surface area contributed by atoms with E-state index >= 15 is 0 Å². The molecule has 0 fully saturated rings. The van der Waals surface area contributed by atoms with E-state index in [4.69, 9.17) is 9.47 Å². The zero-order chi connectivity index (χ0) is 33.7. The van der Waals surface area contributed by atoms with E-state index in [2.05, 4.69) is 23.8 Å². The Hall–Kier alpha value is -4.69. The summed E-state index contributed by atoms with van der Waals surface area (Å²) in [7, 11) is 0. The Morgan fingerprint density at radius 3 is 2.04 bits per heavy atom. The maximum atomic E-state index is 13.4. The number of amides is 2. The van der Waals surface area contributed by atoms with Gasteiger partial charge in [-0.2, -0.15) is 0 Å².